The Labute approximate surface area is 324 Å². The predicted molar refractivity (Wildman–Crippen MR) is 169 cm³/mol. The summed E-state index contributed by atoms with van der Waals surface area (Å²) in [5.41, 5.74) is -6.14. The summed E-state index contributed by atoms with van der Waals surface area (Å²) in [7, 11) is -12.3. The summed E-state index contributed by atoms with van der Waals surface area (Å²) in [6, 6.07) is 6.17. The largest absolute Gasteiger partial charge is 0.493 e. The standard InChI is InChI=1S/C32H16F16N2O8S2/c33-17-12-18(34)27(24(40)20(36)19(17)35)59(51,52)57-49-29(31(43,44)45)13-2-6-15(7-3-13)55-10-1-11-56-16-8-4-14(5-9-16)30(32(46,47)48)50-58-60(53,54)28-25(41)22(38)21(37)23(39)26(28)42/h2-9H,1,10-12H2/b49-29-,50-30-. The normalized spacial score (nSPS) is 15.1. The van der Waals surface area contributed by atoms with E-state index in [2.05, 4.69) is 18.9 Å². The van der Waals surface area contributed by atoms with Gasteiger partial charge in [-0.2, -0.15) is 43.2 Å². The van der Waals surface area contributed by atoms with Gasteiger partial charge in [-0.3, -0.25) is 8.57 Å². The van der Waals surface area contributed by atoms with Crippen molar-refractivity contribution in [3.63, 3.8) is 0 Å². The number of rotatable bonds is 14. The van der Waals surface area contributed by atoms with Crippen molar-refractivity contribution in [1.82, 2.24) is 0 Å². The van der Waals surface area contributed by atoms with Crippen LogP contribution in [0.4, 0.5) is 70.2 Å². The zero-order valence-electron chi connectivity index (χ0n) is 28.5. The Balaban J connectivity index is 1.38. The van der Waals surface area contributed by atoms with Crippen LogP contribution in [0.25, 0.3) is 0 Å². The number of ether oxygens (including phenoxy) is 2. The Morgan fingerprint density at radius 3 is 1.30 bits per heavy atom. The second kappa shape index (κ2) is 17.8. The molecule has 0 saturated heterocycles. The third-order valence-electron chi connectivity index (χ3n) is 7.12. The van der Waals surface area contributed by atoms with E-state index < -0.39 is 130 Å². The fourth-order valence-corrected chi connectivity index (χ4v) is 6.18. The minimum Gasteiger partial charge on any atom is -0.493 e. The van der Waals surface area contributed by atoms with E-state index in [9.17, 15) is 87.1 Å². The van der Waals surface area contributed by atoms with Crippen molar-refractivity contribution < 1.29 is 105 Å². The number of halogens is 16. The van der Waals surface area contributed by atoms with E-state index in [-0.39, 0.29) is 31.1 Å². The van der Waals surface area contributed by atoms with E-state index in [1.165, 1.54) is 0 Å². The van der Waals surface area contributed by atoms with Gasteiger partial charge in [-0.15, -0.1) is 0 Å². The first kappa shape index (κ1) is 46.9. The molecule has 1 aliphatic carbocycles. The fourth-order valence-electron chi connectivity index (χ4n) is 4.42. The van der Waals surface area contributed by atoms with E-state index in [1.54, 1.807) is 0 Å². The molecule has 10 nitrogen and oxygen atoms in total. The molecular weight excluding hydrogens is 908 g/mol. The van der Waals surface area contributed by atoms with Crippen LogP contribution in [0.1, 0.15) is 24.0 Å². The number of benzene rings is 3. The lowest BCUT2D eigenvalue weighted by atomic mass is 10.1. The molecule has 4 rings (SSSR count). The predicted octanol–water partition coefficient (Wildman–Crippen LogP) is 9.40. The molecule has 0 atom stereocenters. The van der Waals surface area contributed by atoms with Crippen molar-refractivity contribution in [2.45, 2.75) is 30.1 Å². The van der Waals surface area contributed by atoms with Crippen molar-refractivity contribution in [3.8, 4) is 11.5 Å². The first-order chi connectivity index (χ1) is 27.7. The van der Waals surface area contributed by atoms with Gasteiger partial charge in [-0.1, -0.05) is 10.3 Å². The second-order valence-electron chi connectivity index (χ2n) is 11.2. The summed E-state index contributed by atoms with van der Waals surface area (Å²) >= 11 is 0. The van der Waals surface area contributed by atoms with E-state index in [0.29, 0.717) is 24.3 Å². The van der Waals surface area contributed by atoms with Crippen LogP contribution >= 0.6 is 0 Å². The maximum Gasteiger partial charge on any atom is 0.437 e. The molecule has 0 aromatic heterocycles. The van der Waals surface area contributed by atoms with Crippen LogP contribution in [-0.2, 0) is 28.8 Å². The Kier molecular flexibility index (Phi) is 13.9. The summed E-state index contributed by atoms with van der Waals surface area (Å²) in [5, 5.41) is 4.69. The lowest BCUT2D eigenvalue weighted by Crippen LogP contribution is -2.25. The van der Waals surface area contributed by atoms with Crippen molar-refractivity contribution in [2.24, 2.45) is 10.3 Å². The Morgan fingerprint density at radius 2 is 0.900 bits per heavy atom. The molecule has 0 spiro atoms. The van der Waals surface area contributed by atoms with E-state index in [0.717, 1.165) is 24.3 Å². The van der Waals surface area contributed by atoms with Crippen LogP contribution in [0.2, 0.25) is 0 Å². The SMILES string of the molecule is O=S(=O)(O/N=C(/c1ccc(OCCCOc2ccc(/C(=N/OS(=O)(=O)c3c(F)c(F)c(F)c(F)c3F)C(F)(F)F)cc2)cc1)C(F)(F)F)C1=C(F)CC(F)=C(F)C(F)=C1F. The molecule has 0 bridgehead atoms. The van der Waals surface area contributed by atoms with Crippen molar-refractivity contribution >= 4 is 31.7 Å². The molecule has 0 N–H and O–H groups in total. The van der Waals surface area contributed by atoms with Crippen LogP contribution in [0.5, 0.6) is 11.5 Å². The molecule has 0 radical (unpaired) electrons. The number of oxime groups is 2. The molecule has 0 heterocycles. The Hall–Kier alpha value is -5.80. The highest BCUT2D eigenvalue weighted by Gasteiger charge is 2.42. The third-order valence-corrected chi connectivity index (χ3v) is 9.42. The molecule has 0 amide bonds. The van der Waals surface area contributed by atoms with E-state index in [4.69, 9.17) is 9.47 Å². The van der Waals surface area contributed by atoms with Gasteiger partial charge in [0.15, 0.2) is 62.0 Å². The average Bonchev–Trinajstić information content (AvgIpc) is 3.22. The van der Waals surface area contributed by atoms with Gasteiger partial charge < -0.3 is 9.47 Å². The maximum atomic E-state index is 14.2. The van der Waals surface area contributed by atoms with Crippen LogP contribution < -0.4 is 9.47 Å². The number of allylic oxidation sites excluding steroid dienone is 5. The zero-order valence-corrected chi connectivity index (χ0v) is 30.1. The number of hydrogen-bond acceptors (Lipinski definition) is 10. The fraction of sp³-hybridized carbons (Fsp3) is 0.188. The average molecular weight is 925 g/mol. The molecule has 3 aromatic rings. The van der Waals surface area contributed by atoms with Gasteiger partial charge in [-0.05, 0) is 48.5 Å². The van der Waals surface area contributed by atoms with Crippen LogP contribution in [0.15, 0.2) is 97.8 Å². The molecule has 0 aliphatic heterocycles. The lowest BCUT2D eigenvalue weighted by Gasteiger charge is -2.13. The van der Waals surface area contributed by atoms with Gasteiger partial charge in [0, 0.05) is 17.5 Å². The number of hydrogen-bond donors (Lipinski definition) is 0. The lowest BCUT2D eigenvalue weighted by molar-refractivity contribution is -0.0606. The smallest absolute Gasteiger partial charge is 0.437 e. The van der Waals surface area contributed by atoms with Crippen LogP contribution in [0, 0.1) is 29.1 Å². The van der Waals surface area contributed by atoms with Crippen molar-refractivity contribution in [1.29, 1.82) is 0 Å². The summed E-state index contributed by atoms with van der Waals surface area (Å²) in [4.78, 5) is -5.07. The molecule has 60 heavy (non-hydrogen) atoms. The van der Waals surface area contributed by atoms with Crippen LogP contribution in [0.3, 0.4) is 0 Å². The Bertz CT molecular complexity index is 2510. The molecule has 0 unspecified atom stereocenters. The van der Waals surface area contributed by atoms with Crippen molar-refractivity contribution in [2.75, 3.05) is 13.2 Å². The highest BCUT2D eigenvalue weighted by atomic mass is 32.2. The molecular formula is C32H16F16N2O8S2. The second-order valence-corrected chi connectivity index (χ2v) is 14.1. The highest BCUT2D eigenvalue weighted by molar-refractivity contribution is 7.91. The van der Waals surface area contributed by atoms with Gasteiger partial charge in [0.25, 0.3) is 0 Å². The zero-order chi connectivity index (χ0) is 45.1. The summed E-state index contributed by atoms with van der Waals surface area (Å²) in [5.74, 6) is -27.3. The minimum absolute atomic E-state index is 0.0234. The summed E-state index contributed by atoms with van der Waals surface area (Å²) < 4.78 is 286. The molecule has 0 saturated carbocycles. The molecule has 0 fully saturated rings. The molecule has 28 heteroatoms. The van der Waals surface area contributed by atoms with Gasteiger partial charge in [0.1, 0.15) is 23.2 Å². The van der Waals surface area contributed by atoms with Gasteiger partial charge in [0.2, 0.25) is 5.82 Å². The monoisotopic (exact) mass is 924 g/mol. The van der Waals surface area contributed by atoms with Gasteiger partial charge in [0.05, 0.1) is 19.6 Å². The maximum absolute atomic E-state index is 14.2. The van der Waals surface area contributed by atoms with Gasteiger partial charge in [-0.25, -0.2) is 43.9 Å². The molecule has 1 aliphatic rings. The third kappa shape index (κ3) is 10.5. The highest BCUT2D eigenvalue weighted by Crippen LogP contribution is 2.39. The first-order valence-corrected chi connectivity index (χ1v) is 18.1. The number of nitrogens with zero attached hydrogens (tertiary/aromatic N) is 2. The summed E-state index contributed by atoms with van der Waals surface area (Å²) in [6.45, 7) is -0.491. The molecule has 326 valence electrons. The topological polar surface area (TPSA) is 130 Å². The quantitative estimate of drug-likeness (QED) is 0.0391. The van der Waals surface area contributed by atoms with Crippen molar-refractivity contribution in [3.05, 3.63) is 123 Å². The van der Waals surface area contributed by atoms with Gasteiger partial charge >= 0.3 is 32.6 Å². The summed E-state index contributed by atoms with van der Waals surface area (Å²) in [6.07, 6.45) is -13.0. The van der Waals surface area contributed by atoms with E-state index in [1.807, 2.05) is 0 Å². The molecule has 3 aromatic carbocycles. The van der Waals surface area contributed by atoms with Crippen LogP contribution in [-0.4, -0.2) is 53.8 Å². The first-order valence-electron chi connectivity index (χ1n) is 15.3. The van der Waals surface area contributed by atoms with E-state index >= 15 is 0 Å². The minimum atomic E-state index is -6.17. The number of alkyl halides is 6. The Morgan fingerprint density at radius 1 is 0.517 bits per heavy atom.